The Balaban J connectivity index is 1.85. The Morgan fingerprint density at radius 2 is 1.97 bits per heavy atom. The smallest absolute Gasteiger partial charge is 0.329 e. The quantitative estimate of drug-likeness (QED) is 0.463. The van der Waals surface area contributed by atoms with Gasteiger partial charge in [-0.1, -0.05) is 50.6 Å². The van der Waals surface area contributed by atoms with Crippen molar-refractivity contribution in [1.82, 2.24) is 15.2 Å². The number of carbonyl (C=O) groups excluding carboxylic acids is 3. The van der Waals surface area contributed by atoms with Crippen molar-refractivity contribution in [3.05, 3.63) is 52.0 Å². The van der Waals surface area contributed by atoms with Crippen LogP contribution in [0.1, 0.15) is 62.5 Å². The number of hydrogen-bond acceptors (Lipinski definition) is 8. The zero-order valence-electron chi connectivity index (χ0n) is 22.5. The number of carbonyl (C=O) groups is 3. The van der Waals surface area contributed by atoms with Crippen molar-refractivity contribution in [2.75, 3.05) is 13.1 Å². The molecule has 2 aliphatic rings. The van der Waals surface area contributed by atoms with Crippen molar-refractivity contribution in [3.8, 4) is 0 Å². The summed E-state index contributed by atoms with van der Waals surface area (Å²) in [4.78, 5) is 44.7. The number of esters is 1. The van der Waals surface area contributed by atoms with E-state index in [2.05, 4.69) is 10.3 Å². The monoisotopic (exact) mass is 545 g/mol. The lowest BCUT2D eigenvalue weighted by atomic mass is 9.94. The highest BCUT2D eigenvalue weighted by atomic mass is 32.1. The van der Waals surface area contributed by atoms with E-state index in [-0.39, 0.29) is 42.2 Å². The Hall–Kier alpha value is -2.82. The van der Waals surface area contributed by atoms with Crippen LogP contribution in [0.15, 0.2) is 41.3 Å². The van der Waals surface area contributed by atoms with E-state index < -0.39 is 30.3 Å². The summed E-state index contributed by atoms with van der Waals surface area (Å²) < 4.78 is 5.91. The maximum Gasteiger partial charge on any atom is 0.329 e. The summed E-state index contributed by atoms with van der Waals surface area (Å²) in [5.74, 6) is -1.27. The van der Waals surface area contributed by atoms with Crippen molar-refractivity contribution in [3.63, 3.8) is 0 Å². The van der Waals surface area contributed by atoms with E-state index in [9.17, 15) is 24.6 Å². The van der Waals surface area contributed by atoms with Crippen LogP contribution in [0.4, 0.5) is 0 Å². The predicted octanol–water partition coefficient (Wildman–Crippen LogP) is 2.79. The van der Waals surface area contributed by atoms with Gasteiger partial charge in [-0.2, -0.15) is 0 Å². The molecule has 3 N–H and O–H groups in total. The first-order valence-electron chi connectivity index (χ1n) is 13.2. The number of nitrogens with one attached hydrogen (secondary N) is 1. The Bertz CT molecular complexity index is 1080. The van der Waals surface area contributed by atoms with E-state index in [1.807, 2.05) is 27.7 Å². The normalized spacial score (nSPS) is 31.7. The second-order valence-electron chi connectivity index (χ2n) is 10.4. The lowest BCUT2D eigenvalue weighted by Gasteiger charge is -2.29. The van der Waals surface area contributed by atoms with E-state index in [4.69, 9.17) is 4.74 Å². The molecule has 2 aliphatic heterocycles. The van der Waals surface area contributed by atoms with Crippen LogP contribution >= 0.6 is 11.3 Å². The maximum absolute atomic E-state index is 13.3. The molecule has 1 aromatic heterocycles. The van der Waals surface area contributed by atoms with E-state index in [1.165, 1.54) is 22.3 Å². The Labute approximate surface area is 228 Å². The summed E-state index contributed by atoms with van der Waals surface area (Å²) in [6.45, 7) is 8.37. The zero-order chi connectivity index (χ0) is 27.8. The van der Waals surface area contributed by atoms with Crippen LogP contribution < -0.4 is 5.32 Å². The zero-order valence-corrected chi connectivity index (χ0v) is 23.3. The number of rotatable bonds is 1. The number of amides is 2. The molecule has 0 spiro atoms. The molecule has 5 atom stereocenters. The molecule has 5 unspecified atom stereocenters. The number of thiazole rings is 1. The summed E-state index contributed by atoms with van der Waals surface area (Å²) in [6, 6.07) is -0.697. The van der Waals surface area contributed by atoms with Gasteiger partial charge in [-0.05, 0) is 31.8 Å². The summed E-state index contributed by atoms with van der Waals surface area (Å²) in [5, 5.41) is 25.8. The van der Waals surface area contributed by atoms with Crippen molar-refractivity contribution in [1.29, 1.82) is 0 Å². The van der Waals surface area contributed by atoms with Gasteiger partial charge in [-0.15, -0.1) is 11.3 Å². The highest BCUT2D eigenvalue weighted by Gasteiger charge is 2.38. The molecule has 2 bridgehead atoms. The van der Waals surface area contributed by atoms with Crippen molar-refractivity contribution >= 4 is 29.1 Å². The van der Waals surface area contributed by atoms with Gasteiger partial charge in [0.05, 0.1) is 17.2 Å². The predicted molar refractivity (Wildman–Crippen MR) is 145 cm³/mol. The van der Waals surface area contributed by atoms with Gasteiger partial charge < -0.3 is 25.2 Å². The molecule has 0 aliphatic carbocycles. The van der Waals surface area contributed by atoms with Crippen LogP contribution in [-0.4, -0.2) is 75.3 Å². The molecular formula is C28H39N3O6S. The molecule has 3 rings (SSSR count). The van der Waals surface area contributed by atoms with Gasteiger partial charge in [-0.25, -0.2) is 9.78 Å². The van der Waals surface area contributed by atoms with Crippen LogP contribution in [-0.2, 0) is 20.7 Å². The second kappa shape index (κ2) is 13.8. The molecule has 38 heavy (non-hydrogen) atoms. The molecule has 9 nitrogen and oxygen atoms in total. The fraction of sp³-hybridized carbons (Fsp3) is 0.571. The number of aliphatic hydroxyl groups is 2. The minimum atomic E-state index is -0.860. The summed E-state index contributed by atoms with van der Waals surface area (Å²) >= 11 is 1.27. The third-order valence-electron chi connectivity index (χ3n) is 6.69. The SMILES string of the molecule is CC1=C\C(O)CC(O)Cc2nc(cs2)C(=O)N2CCCC2C(=O)OC(C(C)C)C(C)/C=C/C(=O)NC\C=C\1. The van der Waals surface area contributed by atoms with Crippen LogP contribution in [0.25, 0.3) is 0 Å². The molecule has 0 radical (unpaired) electrons. The third-order valence-corrected chi connectivity index (χ3v) is 7.56. The van der Waals surface area contributed by atoms with Crippen molar-refractivity contribution in [2.45, 2.75) is 77.7 Å². The molecule has 1 fully saturated rings. The largest absolute Gasteiger partial charge is 0.460 e. The second-order valence-corrected chi connectivity index (χ2v) is 11.3. The minimum absolute atomic E-state index is 0.00210. The number of aromatic nitrogens is 1. The average Bonchev–Trinajstić information content (AvgIpc) is 3.52. The molecular weight excluding hydrogens is 506 g/mol. The average molecular weight is 546 g/mol. The lowest BCUT2D eigenvalue weighted by molar-refractivity contribution is -0.158. The van der Waals surface area contributed by atoms with Crippen molar-refractivity contribution in [2.24, 2.45) is 11.8 Å². The van der Waals surface area contributed by atoms with Crippen LogP contribution in [0, 0.1) is 11.8 Å². The Morgan fingerprint density at radius 3 is 2.71 bits per heavy atom. The number of cyclic esters (lactones) is 1. The van der Waals surface area contributed by atoms with Gasteiger partial charge in [0.15, 0.2) is 0 Å². The van der Waals surface area contributed by atoms with Gasteiger partial charge in [0.25, 0.3) is 5.91 Å². The molecule has 1 aromatic rings. The van der Waals surface area contributed by atoms with Gasteiger partial charge in [-0.3, -0.25) is 9.59 Å². The van der Waals surface area contributed by atoms with E-state index >= 15 is 0 Å². The molecule has 208 valence electrons. The van der Waals surface area contributed by atoms with Crippen LogP contribution in [0.2, 0.25) is 0 Å². The number of ether oxygens (including phenoxy) is 1. The molecule has 10 heteroatoms. The number of fused-ring (bicyclic) bond motifs is 3. The number of hydrogen-bond donors (Lipinski definition) is 3. The first-order chi connectivity index (χ1) is 18.0. The minimum Gasteiger partial charge on any atom is -0.460 e. The van der Waals surface area contributed by atoms with Gasteiger partial charge in [0.1, 0.15) is 17.8 Å². The molecule has 2 amide bonds. The topological polar surface area (TPSA) is 129 Å². The van der Waals surface area contributed by atoms with Gasteiger partial charge in [0.2, 0.25) is 5.91 Å². The Kier molecular flexibility index (Phi) is 10.8. The number of allylic oxidation sites excluding steroid dienone is 2. The summed E-state index contributed by atoms with van der Waals surface area (Å²) in [5.41, 5.74) is 1.03. The van der Waals surface area contributed by atoms with E-state index in [0.29, 0.717) is 30.9 Å². The van der Waals surface area contributed by atoms with Crippen LogP contribution in [0.3, 0.4) is 0 Å². The highest BCUT2D eigenvalue weighted by Crippen LogP contribution is 2.26. The molecule has 0 aromatic carbocycles. The van der Waals surface area contributed by atoms with Gasteiger partial charge in [0, 0.05) is 37.2 Å². The fourth-order valence-electron chi connectivity index (χ4n) is 4.77. The lowest BCUT2D eigenvalue weighted by Crippen LogP contribution is -2.44. The van der Waals surface area contributed by atoms with E-state index in [1.54, 1.807) is 29.7 Å². The summed E-state index contributed by atoms with van der Waals surface area (Å²) in [7, 11) is 0. The first-order valence-corrected chi connectivity index (χ1v) is 14.1. The van der Waals surface area contributed by atoms with Gasteiger partial charge >= 0.3 is 5.97 Å². The summed E-state index contributed by atoms with van der Waals surface area (Å²) in [6.07, 6.45) is 7.73. The highest BCUT2D eigenvalue weighted by molar-refractivity contribution is 7.09. The molecule has 3 heterocycles. The first kappa shape index (κ1) is 29.7. The standard InChI is InChI=1S/C28H39N3O6S/c1-17(2)26-19(4)9-10-24(34)29-11-5-7-18(3)13-20(32)14-21(33)15-25-30-22(16-38-25)27(35)31-12-6-8-23(31)28(36)37-26/h5,7,9-10,13,16-17,19-21,23,26,32-33H,6,8,11-12,14-15H2,1-4H3,(H,29,34)/b7-5+,10-9+,18-13+. The maximum atomic E-state index is 13.3. The van der Waals surface area contributed by atoms with E-state index in [0.717, 1.165) is 5.57 Å². The number of aliphatic hydroxyl groups excluding tert-OH is 2. The molecule has 1 saturated heterocycles. The van der Waals surface area contributed by atoms with Crippen LogP contribution in [0.5, 0.6) is 0 Å². The fourth-order valence-corrected chi connectivity index (χ4v) is 5.61. The van der Waals surface area contributed by atoms with Crippen molar-refractivity contribution < 1.29 is 29.3 Å². The Morgan fingerprint density at radius 1 is 1.21 bits per heavy atom. The third kappa shape index (κ3) is 8.34. The molecule has 0 saturated carbocycles. The number of nitrogens with zero attached hydrogens (tertiary/aromatic N) is 2.